The van der Waals surface area contributed by atoms with Crippen LogP contribution in [0.25, 0.3) is 0 Å². The summed E-state index contributed by atoms with van der Waals surface area (Å²) in [5.74, 6) is 3.80. The van der Waals surface area contributed by atoms with Gasteiger partial charge in [0.2, 0.25) is 0 Å². The minimum absolute atomic E-state index is 0.544. The Kier molecular flexibility index (Phi) is 3.84. The van der Waals surface area contributed by atoms with Crippen LogP contribution in [0.4, 0.5) is 0 Å². The molecule has 0 saturated carbocycles. The number of nitrogens with zero attached hydrogens (tertiary/aromatic N) is 3. The van der Waals surface area contributed by atoms with E-state index in [0.717, 1.165) is 26.1 Å². The van der Waals surface area contributed by atoms with Gasteiger partial charge in [-0.2, -0.15) is 0 Å². The summed E-state index contributed by atoms with van der Waals surface area (Å²) in [4.78, 5) is 9.04. The molecule has 0 bridgehead atoms. The maximum Gasteiger partial charge on any atom is 0.0644 e. The predicted molar refractivity (Wildman–Crippen MR) is 67.5 cm³/mol. The number of fused-ring (bicyclic) bond motifs is 1. The lowest BCUT2D eigenvalue weighted by Crippen LogP contribution is -2.27. The fourth-order valence-electron chi connectivity index (χ4n) is 2.12. The fraction of sp³-hybridized carbons (Fsp3) is 0.769. The molecule has 3 heteroatoms. The molecule has 0 spiro atoms. The summed E-state index contributed by atoms with van der Waals surface area (Å²) in [6.45, 7) is 3.17. The van der Waals surface area contributed by atoms with Gasteiger partial charge in [0.1, 0.15) is 0 Å². The van der Waals surface area contributed by atoms with Gasteiger partial charge in [-0.25, -0.2) is 0 Å². The van der Waals surface area contributed by atoms with Crippen molar-refractivity contribution in [2.45, 2.75) is 25.3 Å². The zero-order chi connectivity index (χ0) is 11.4. The monoisotopic (exact) mass is 219 g/mol. The number of rotatable bonds is 2. The Balaban J connectivity index is 1.99. The van der Waals surface area contributed by atoms with Crippen molar-refractivity contribution in [1.82, 2.24) is 9.80 Å². The van der Waals surface area contributed by atoms with Crippen LogP contribution >= 0.6 is 0 Å². The second-order valence-electron chi connectivity index (χ2n) is 4.95. The molecule has 0 aliphatic carbocycles. The van der Waals surface area contributed by atoms with Crippen molar-refractivity contribution in [2.24, 2.45) is 10.9 Å². The van der Waals surface area contributed by atoms with Crippen LogP contribution in [-0.4, -0.2) is 55.8 Å². The highest BCUT2D eigenvalue weighted by Gasteiger charge is 2.38. The first-order valence-corrected chi connectivity index (χ1v) is 6.17. The second-order valence-corrected chi connectivity index (χ2v) is 4.95. The molecule has 16 heavy (non-hydrogen) atoms. The van der Waals surface area contributed by atoms with Crippen molar-refractivity contribution in [1.29, 1.82) is 0 Å². The molecule has 2 aliphatic rings. The average molecular weight is 219 g/mol. The Bertz CT molecular complexity index is 311. The van der Waals surface area contributed by atoms with Crippen molar-refractivity contribution < 1.29 is 0 Å². The molecule has 0 amide bonds. The summed E-state index contributed by atoms with van der Waals surface area (Å²) >= 11 is 0. The van der Waals surface area contributed by atoms with E-state index in [-0.39, 0.29) is 0 Å². The molecule has 2 atom stereocenters. The van der Waals surface area contributed by atoms with Gasteiger partial charge in [0.05, 0.1) is 6.04 Å². The van der Waals surface area contributed by atoms with E-state index in [1.54, 1.807) is 0 Å². The molecule has 0 aromatic heterocycles. The zero-order valence-corrected chi connectivity index (χ0v) is 10.3. The molecule has 1 unspecified atom stereocenters. The van der Waals surface area contributed by atoms with E-state index in [9.17, 15) is 0 Å². The molecular formula is C13H21N3. The Labute approximate surface area is 98.5 Å². The van der Waals surface area contributed by atoms with Crippen molar-refractivity contribution >= 4 is 6.21 Å². The predicted octanol–water partition coefficient (Wildman–Crippen LogP) is 1.06. The Morgan fingerprint density at radius 2 is 2.31 bits per heavy atom. The van der Waals surface area contributed by atoms with Gasteiger partial charge in [-0.3, -0.25) is 4.99 Å². The maximum atomic E-state index is 4.55. The van der Waals surface area contributed by atoms with Gasteiger partial charge in [0.15, 0.2) is 0 Å². The molecule has 0 aromatic rings. The van der Waals surface area contributed by atoms with Gasteiger partial charge >= 0.3 is 0 Å². The van der Waals surface area contributed by atoms with E-state index in [0.29, 0.717) is 12.0 Å². The van der Waals surface area contributed by atoms with Gasteiger partial charge in [0, 0.05) is 44.2 Å². The number of aliphatic imine (C=N–C) groups is 1. The standard InChI is InChI=1S/C13H21N3/c1-15(2)10-12-9-14-7-5-3-4-6-8-16-11-13(12)16/h9,12-13H,3-5,7,10-11H2,1-2H3/t12?,13-,16?/m0/s1. The highest BCUT2D eigenvalue weighted by atomic mass is 15.3. The number of hydrogen-bond donors (Lipinski definition) is 0. The third kappa shape index (κ3) is 3.24. The zero-order valence-electron chi connectivity index (χ0n) is 10.3. The van der Waals surface area contributed by atoms with Crippen LogP contribution in [0.1, 0.15) is 19.3 Å². The van der Waals surface area contributed by atoms with Crippen LogP contribution < -0.4 is 0 Å². The fourth-order valence-corrected chi connectivity index (χ4v) is 2.12. The lowest BCUT2D eigenvalue weighted by Gasteiger charge is -2.16. The van der Waals surface area contributed by atoms with E-state index < -0.39 is 0 Å². The summed E-state index contributed by atoms with van der Waals surface area (Å²) in [5.41, 5.74) is 0. The van der Waals surface area contributed by atoms with Crippen molar-refractivity contribution in [2.75, 3.05) is 33.7 Å². The molecule has 88 valence electrons. The lowest BCUT2D eigenvalue weighted by atomic mass is 10.1. The maximum absolute atomic E-state index is 4.55. The van der Waals surface area contributed by atoms with E-state index in [1.807, 2.05) is 0 Å². The van der Waals surface area contributed by atoms with E-state index in [2.05, 4.69) is 47.1 Å². The number of hydrogen-bond acceptors (Lipinski definition) is 3. The van der Waals surface area contributed by atoms with E-state index in [1.165, 1.54) is 12.8 Å². The van der Waals surface area contributed by atoms with Gasteiger partial charge in [-0.1, -0.05) is 5.92 Å². The molecule has 0 aromatic carbocycles. The van der Waals surface area contributed by atoms with E-state index in [4.69, 9.17) is 0 Å². The van der Waals surface area contributed by atoms with Crippen molar-refractivity contribution in [3.05, 3.63) is 0 Å². The van der Waals surface area contributed by atoms with Gasteiger partial charge < -0.3 is 9.80 Å². The van der Waals surface area contributed by atoms with E-state index >= 15 is 0 Å². The summed E-state index contributed by atoms with van der Waals surface area (Å²) in [6, 6.07) is 3.87. The van der Waals surface area contributed by atoms with Gasteiger partial charge in [-0.05, 0) is 26.9 Å². The molecule has 2 heterocycles. The van der Waals surface area contributed by atoms with Crippen LogP contribution in [0.2, 0.25) is 0 Å². The molecule has 1 fully saturated rings. The Morgan fingerprint density at radius 1 is 1.44 bits per heavy atom. The van der Waals surface area contributed by atoms with Gasteiger partial charge in [-0.15, -0.1) is 0 Å². The largest absolute Gasteiger partial charge is 0.325 e. The highest BCUT2D eigenvalue weighted by molar-refractivity contribution is 5.63. The Hall–Kier alpha value is -1.01. The highest BCUT2D eigenvalue weighted by Crippen LogP contribution is 2.24. The smallest absolute Gasteiger partial charge is 0.0644 e. The molecule has 2 aliphatic heterocycles. The first kappa shape index (κ1) is 11.5. The summed E-state index contributed by atoms with van der Waals surface area (Å²) < 4.78 is 0. The van der Waals surface area contributed by atoms with Crippen LogP contribution in [0.15, 0.2) is 4.99 Å². The van der Waals surface area contributed by atoms with Crippen LogP contribution in [0.3, 0.4) is 0 Å². The third-order valence-electron chi connectivity index (χ3n) is 3.08. The summed E-state index contributed by atoms with van der Waals surface area (Å²) in [6.07, 6.45) is 5.54. The average Bonchev–Trinajstić information content (AvgIpc) is 2.97. The molecule has 2 rings (SSSR count). The molecule has 0 radical (unpaired) electrons. The van der Waals surface area contributed by atoms with Crippen LogP contribution in [0.5, 0.6) is 0 Å². The SMILES string of the molecule is CN(C)CC1C=NCCCCC#CN2C[C@@H]12. The topological polar surface area (TPSA) is 18.6 Å². The molecule has 1 saturated heterocycles. The summed E-state index contributed by atoms with van der Waals surface area (Å²) in [7, 11) is 4.24. The van der Waals surface area contributed by atoms with Gasteiger partial charge in [0.25, 0.3) is 0 Å². The van der Waals surface area contributed by atoms with Crippen molar-refractivity contribution in [3.63, 3.8) is 0 Å². The van der Waals surface area contributed by atoms with Crippen molar-refractivity contribution in [3.8, 4) is 12.0 Å². The first-order chi connectivity index (χ1) is 7.77. The first-order valence-electron chi connectivity index (χ1n) is 6.17. The second kappa shape index (κ2) is 5.36. The lowest BCUT2D eigenvalue weighted by molar-refractivity contribution is 0.359. The third-order valence-corrected chi connectivity index (χ3v) is 3.08. The molecule has 3 nitrogen and oxygen atoms in total. The Morgan fingerprint density at radius 3 is 3.12 bits per heavy atom. The van der Waals surface area contributed by atoms with Crippen LogP contribution in [0, 0.1) is 17.9 Å². The molecule has 0 N–H and O–H groups in total. The normalized spacial score (nSPS) is 29.1. The quantitative estimate of drug-likeness (QED) is 0.511. The minimum atomic E-state index is 0.544. The van der Waals surface area contributed by atoms with Crippen LogP contribution in [-0.2, 0) is 0 Å². The minimum Gasteiger partial charge on any atom is -0.325 e. The summed E-state index contributed by atoms with van der Waals surface area (Å²) in [5, 5.41) is 0. The molecular weight excluding hydrogens is 198 g/mol.